The number of rotatable bonds is 9. The van der Waals surface area contributed by atoms with Gasteiger partial charge in [-0.05, 0) is 55.4 Å². The fourth-order valence-corrected chi connectivity index (χ4v) is 4.60. The molecule has 0 N–H and O–H groups in total. The van der Waals surface area contributed by atoms with Gasteiger partial charge in [0.2, 0.25) is 0 Å². The molecule has 1 fully saturated rings. The van der Waals surface area contributed by atoms with Crippen LogP contribution in [0.5, 0.6) is 0 Å². The van der Waals surface area contributed by atoms with Gasteiger partial charge in [0.05, 0.1) is 0 Å². The molecule has 3 rings (SSSR count). The highest BCUT2D eigenvalue weighted by Gasteiger charge is 2.19. The molecule has 0 bridgehead atoms. The van der Waals surface area contributed by atoms with Crippen LogP contribution in [0, 0.1) is 17.7 Å². The maximum atomic E-state index is 15.0. The van der Waals surface area contributed by atoms with Crippen molar-refractivity contribution in [3.05, 3.63) is 51.8 Å². The number of unbranched alkanes of at least 4 members (excludes halogenated alkanes) is 3. The topological polar surface area (TPSA) is 30.2 Å². The summed E-state index contributed by atoms with van der Waals surface area (Å²) in [6, 6.07) is 5.47. The van der Waals surface area contributed by atoms with Crippen molar-refractivity contribution in [2.45, 2.75) is 84.5 Å². The van der Waals surface area contributed by atoms with Gasteiger partial charge in [0, 0.05) is 12.0 Å². The Bertz CT molecular complexity index is 872. The summed E-state index contributed by atoms with van der Waals surface area (Å²) in [5.74, 6) is 1.58. The monoisotopic (exact) mass is 398 g/mol. The Balaban J connectivity index is 1.71. The average Bonchev–Trinajstić information content (AvgIpc) is 2.72. The minimum absolute atomic E-state index is 0.0797. The van der Waals surface area contributed by atoms with E-state index in [9.17, 15) is 4.79 Å². The lowest BCUT2D eigenvalue weighted by Gasteiger charge is -2.26. The summed E-state index contributed by atoms with van der Waals surface area (Å²) in [6.45, 7) is 4.42. The molecular weight excluding hydrogens is 363 g/mol. The third kappa shape index (κ3) is 5.81. The zero-order valence-electron chi connectivity index (χ0n) is 18.0. The normalized spacial score (nSPS) is 20.0. The first-order valence-electron chi connectivity index (χ1n) is 11.6. The summed E-state index contributed by atoms with van der Waals surface area (Å²) in [5.41, 5.74) is -0.0722. The van der Waals surface area contributed by atoms with E-state index in [0.29, 0.717) is 22.6 Å². The van der Waals surface area contributed by atoms with E-state index in [1.165, 1.54) is 51.4 Å². The summed E-state index contributed by atoms with van der Waals surface area (Å²) in [7, 11) is 0. The first-order chi connectivity index (χ1) is 14.1. The van der Waals surface area contributed by atoms with Crippen LogP contribution in [0.4, 0.5) is 4.39 Å². The molecule has 1 aromatic heterocycles. The van der Waals surface area contributed by atoms with Gasteiger partial charge in [-0.15, -0.1) is 0 Å². The molecule has 0 aliphatic heterocycles. The quantitative estimate of drug-likeness (QED) is 0.406. The van der Waals surface area contributed by atoms with Gasteiger partial charge < -0.3 is 4.42 Å². The summed E-state index contributed by atoms with van der Waals surface area (Å²) in [5, 5.41) is 0.720. The van der Waals surface area contributed by atoms with Gasteiger partial charge in [-0.2, -0.15) is 0 Å². The fraction of sp³-hybridized carbons (Fsp3) is 0.577. The van der Waals surface area contributed by atoms with E-state index in [2.05, 4.69) is 19.9 Å². The van der Waals surface area contributed by atoms with Gasteiger partial charge in [-0.3, -0.25) is 0 Å². The molecular formula is C26H35FO2. The molecule has 3 heteroatoms. The predicted molar refractivity (Wildman–Crippen MR) is 120 cm³/mol. The summed E-state index contributed by atoms with van der Waals surface area (Å²) >= 11 is 0. The molecule has 2 nitrogen and oxygen atoms in total. The molecule has 1 aromatic carbocycles. The lowest BCUT2D eigenvalue weighted by molar-refractivity contribution is 0.295. The molecule has 0 saturated heterocycles. The Kier molecular flexibility index (Phi) is 8.09. The van der Waals surface area contributed by atoms with E-state index < -0.39 is 11.4 Å². The molecule has 0 spiro atoms. The summed E-state index contributed by atoms with van der Waals surface area (Å²) in [6.07, 6.45) is 16.7. The minimum Gasteiger partial charge on any atom is -0.427 e. The van der Waals surface area contributed by atoms with Crippen LogP contribution in [0.25, 0.3) is 16.8 Å². The molecule has 1 aliphatic carbocycles. The third-order valence-electron chi connectivity index (χ3n) is 6.36. The van der Waals surface area contributed by atoms with Crippen molar-refractivity contribution >= 4 is 16.8 Å². The first kappa shape index (κ1) is 21.8. The molecule has 0 amide bonds. The standard InChI is InChI=1S/C26H35FO2/c1-3-5-6-7-9-23-18-22-17-16-21(25(27)24(22)26(28)29-23)15-14-20-12-10-19(8-4-2)11-13-20/h14-20H,3-13H2,1-2H3/b15-14+. The second kappa shape index (κ2) is 10.8. The molecule has 1 aliphatic rings. The lowest BCUT2D eigenvalue weighted by Crippen LogP contribution is -2.12. The molecule has 1 saturated carbocycles. The fourth-order valence-electron chi connectivity index (χ4n) is 4.60. The summed E-state index contributed by atoms with van der Waals surface area (Å²) in [4.78, 5) is 12.4. The molecule has 0 atom stereocenters. The van der Waals surface area contributed by atoms with Gasteiger partial charge in [0.15, 0.2) is 0 Å². The Morgan fingerprint density at radius 2 is 1.86 bits per heavy atom. The number of halogens is 1. The third-order valence-corrected chi connectivity index (χ3v) is 6.36. The van der Waals surface area contributed by atoms with Crippen LogP contribution in [0.3, 0.4) is 0 Å². The second-order valence-electron chi connectivity index (χ2n) is 8.67. The Labute approximate surface area is 174 Å². The SMILES string of the molecule is CCCCCCc1cc2ccc(/C=C/C3CCC(CCC)CC3)c(F)c2c(=O)o1. The van der Waals surface area contributed by atoms with Crippen molar-refractivity contribution < 1.29 is 8.81 Å². The number of hydrogen-bond donors (Lipinski definition) is 0. The smallest absolute Gasteiger partial charge is 0.346 e. The van der Waals surface area contributed by atoms with Crippen molar-refractivity contribution in [2.24, 2.45) is 11.8 Å². The van der Waals surface area contributed by atoms with Crippen molar-refractivity contribution in [2.75, 3.05) is 0 Å². The van der Waals surface area contributed by atoms with Crippen LogP contribution in [0.2, 0.25) is 0 Å². The summed E-state index contributed by atoms with van der Waals surface area (Å²) < 4.78 is 20.4. The first-order valence-corrected chi connectivity index (χ1v) is 11.6. The van der Waals surface area contributed by atoms with Crippen LogP contribution in [0.15, 0.2) is 33.5 Å². The number of fused-ring (bicyclic) bond motifs is 1. The Hall–Kier alpha value is -1.90. The minimum atomic E-state index is -0.555. The molecule has 1 heterocycles. The van der Waals surface area contributed by atoms with E-state index in [4.69, 9.17) is 4.42 Å². The highest BCUT2D eigenvalue weighted by atomic mass is 19.1. The van der Waals surface area contributed by atoms with Crippen LogP contribution < -0.4 is 5.63 Å². The average molecular weight is 399 g/mol. The highest BCUT2D eigenvalue weighted by molar-refractivity contribution is 5.84. The maximum Gasteiger partial charge on any atom is 0.346 e. The van der Waals surface area contributed by atoms with Gasteiger partial charge in [0.1, 0.15) is 17.0 Å². The van der Waals surface area contributed by atoms with Gasteiger partial charge in [-0.1, -0.05) is 70.2 Å². The number of allylic oxidation sites excluding steroid dienone is 1. The van der Waals surface area contributed by atoms with Crippen molar-refractivity contribution in [1.29, 1.82) is 0 Å². The number of hydrogen-bond acceptors (Lipinski definition) is 2. The Morgan fingerprint density at radius 1 is 1.07 bits per heavy atom. The van der Waals surface area contributed by atoms with Crippen molar-refractivity contribution in [1.82, 2.24) is 0 Å². The van der Waals surface area contributed by atoms with Crippen molar-refractivity contribution in [3.63, 3.8) is 0 Å². The second-order valence-corrected chi connectivity index (χ2v) is 8.67. The zero-order chi connectivity index (χ0) is 20.6. The van der Waals surface area contributed by atoms with E-state index in [0.717, 1.165) is 25.2 Å². The van der Waals surface area contributed by atoms with Crippen LogP contribution in [-0.4, -0.2) is 0 Å². The van der Waals surface area contributed by atoms with Gasteiger partial charge in [0.25, 0.3) is 0 Å². The largest absolute Gasteiger partial charge is 0.427 e. The molecule has 2 aromatic rings. The maximum absolute atomic E-state index is 15.0. The molecule has 158 valence electrons. The molecule has 29 heavy (non-hydrogen) atoms. The Morgan fingerprint density at radius 3 is 2.59 bits per heavy atom. The van der Waals surface area contributed by atoms with E-state index in [1.807, 2.05) is 18.2 Å². The van der Waals surface area contributed by atoms with Crippen molar-refractivity contribution in [3.8, 4) is 0 Å². The number of benzene rings is 1. The number of aryl methyl sites for hydroxylation is 1. The zero-order valence-corrected chi connectivity index (χ0v) is 18.0. The van der Waals surface area contributed by atoms with Crippen LogP contribution >= 0.6 is 0 Å². The van der Waals surface area contributed by atoms with E-state index in [-0.39, 0.29) is 5.39 Å². The van der Waals surface area contributed by atoms with Gasteiger partial charge >= 0.3 is 5.63 Å². The van der Waals surface area contributed by atoms with Crippen LogP contribution in [0.1, 0.15) is 89.4 Å². The van der Waals surface area contributed by atoms with E-state index >= 15 is 4.39 Å². The van der Waals surface area contributed by atoms with Crippen LogP contribution in [-0.2, 0) is 6.42 Å². The predicted octanol–water partition coefficient (Wildman–Crippen LogP) is 7.67. The van der Waals surface area contributed by atoms with Gasteiger partial charge in [-0.25, -0.2) is 9.18 Å². The highest BCUT2D eigenvalue weighted by Crippen LogP contribution is 2.33. The molecule has 0 radical (unpaired) electrons. The van der Waals surface area contributed by atoms with E-state index in [1.54, 1.807) is 6.07 Å². The lowest BCUT2D eigenvalue weighted by atomic mass is 9.80. The molecule has 0 unspecified atom stereocenters.